The highest BCUT2D eigenvalue weighted by atomic mass is 35.5. The van der Waals surface area contributed by atoms with Gasteiger partial charge in [-0.1, -0.05) is 35.4 Å². The molecule has 0 spiro atoms. The predicted molar refractivity (Wildman–Crippen MR) is 64.2 cm³/mol. The van der Waals surface area contributed by atoms with Crippen molar-refractivity contribution in [2.24, 2.45) is 0 Å². The van der Waals surface area contributed by atoms with Crippen LogP contribution in [0.1, 0.15) is 11.1 Å². The minimum Gasteiger partial charge on any atom is -0.255 e. The smallest absolute Gasteiger partial charge is 0.0890 e. The minimum atomic E-state index is 0.699. The molecule has 0 N–H and O–H groups in total. The molecule has 1 heterocycles. The minimum absolute atomic E-state index is 0.699. The third-order valence-corrected chi connectivity index (χ3v) is 2.70. The molecule has 1 aromatic carbocycles. The van der Waals surface area contributed by atoms with E-state index in [1.165, 1.54) is 11.1 Å². The molecular formula is C13H12ClN. The fourth-order valence-electron chi connectivity index (χ4n) is 1.66. The molecule has 0 aliphatic heterocycles. The van der Waals surface area contributed by atoms with Crippen molar-refractivity contribution < 1.29 is 0 Å². The Labute approximate surface area is 94.7 Å². The van der Waals surface area contributed by atoms with Crippen LogP contribution in [-0.2, 0) is 0 Å². The summed E-state index contributed by atoms with van der Waals surface area (Å²) < 4.78 is 0. The van der Waals surface area contributed by atoms with Crippen LogP contribution in [0, 0.1) is 13.8 Å². The van der Waals surface area contributed by atoms with Gasteiger partial charge < -0.3 is 0 Å². The number of aryl methyl sites for hydroxylation is 2. The van der Waals surface area contributed by atoms with Crippen molar-refractivity contribution in [2.45, 2.75) is 13.8 Å². The maximum atomic E-state index is 6.11. The van der Waals surface area contributed by atoms with Gasteiger partial charge in [-0.15, -0.1) is 0 Å². The molecule has 1 aromatic heterocycles. The summed E-state index contributed by atoms with van der Waals surface area (Å²) in [4.78, 5) is 4.31. The number of rotatable bonds is 1. The van der Waals surface area contributed by atoms with E-state index in [-0.39, 0.29) is 0 Å². The summed E-state index contributed by atoms with van der Waals surface area (Å²) in [5, 5.41) is 0.699. The van der Waals surface area contributed by atoms with Crippen LogP contribution in [0.15, 0.2) is 36.5 Å². The molecule has 0 unspecified atom stereocenters. The first-order chi connectivity index (χ1) is 7.18. The van der Waals surface area contributed by atoms with Crippen molar-refractivity contribution in [3.8, 4) is 11.3 Å². The lowest BCUT2D eigenvalue weighted by Gasteiger charge is -2.07. The van der Waals surface area contributed by atoms with Crippen molar-refractivity contribution in [2.75, 3.05) is 0 Å². The van der Waals surface area contributed by atoms with Crippen LogP contribution in [-0.4, -0.2) is 4.98 Å². The molecule has 0 atom stereocenters. The summed E-state index contributed by atoms with van der Waals surface area (Å²) in [5.41, 5.74) is 4.42. The first-order valence-corrected chi connectivity index (χ1v) is 5.24. The van der Waals surface area contributed by atoms with E-state index in [1.807, 2.05) is 12.1 Å². The fraction of sp³-hybridized carbons (Fsp3) is 0.154. The number of benzene rings is 1. The van der Waals surface area contributed by atoms with Crippen LogP contribution >= 0.6 is 11.6 Å². The third-order valence-electron chi connectivity index (χ3n) is 2.40. The van der Waals surface area contributed by atoms with Gasteiger partial charge in [0.05, 0.1) is 10.7 Å². The van der Waals surface area contributed by atoms with Gasteiger partial charge in [0.25, 0.3) is 0 Å². The molecule has 2 heteroatoms. The first-order valence-electron chi connectivity index (χ1n) is 4.86. The summed E-state index contributed by atoms with van der Waals surface area (Å²) >= 11 is 6.11. The number of aromatic nitrogens is 1. The Morgan fingerprint density at radius 2 is 1.93 bits per heavy atom. The van der Waals surface area contributed by atoms with Crippen molar-refractivity contribution in [1.29, 1.82) is 0 Å². The maximum Gasteiger partial charge on any atom is 0.0890 e. The summed E-state index contributed by atoms with van der Waals surface area (Å²) in [6.45, 7) is 4.16. The highest BCUT2D eigenvalue weighted by molar-refractivity contribution is 6.33. The molecule has 2 rings (SSSR count). The van der Waals surface area contributed by atoms with E-state index in [0.717, 1.165) is 11.3 Å². The number of hydrogen-bond donors (Lipinski definition) is 0. The fourth-order valence-corrected chi connectivity index (χ4v) is 1.89. The van der Waals surface area contributed by atoms with Gasteiger partial charge in [-0.2, -0.15) is 0 Å². The molecule has 0 fully saturated rings. The van der Waals surface area contributed by atoms with Gasteiger partial charge in [-0.3, -0.25) is 4.98 Å². The van der Waals surface area contributed by atoms with Crippen molar-refractivity contribution in [1.82, 2.24) is 4.98 Å². The Bertz CT molecular complexity index is 492. The van der Waals surface area contributed by atoms with Crippen LogP contribution in [0.5, 0.6) is 0 Å². The topological polar surface area (TPSA) is 12.9 Å². The van der Waals surface area contributed by atoms with E-state index in [1.54, 1.807) is 6.20 Å². The zero-order valence-electron chi connectivity index (χ0n) is 8.79. The van der Waals surface area contributed by atoms with E-state index < -0.39 is 0 Å². The molecule has 0 radical (unpaired) electrons. The number of pyridine rings is 1. The Hall–Kier alpha value is -1.34. The van der Waals surface area contributed by atoms with Gasteiger partial charge in [-0.25, -0.2) is 0 Å². The van der Waals surface area contributed by atoms with Gasteiger partial charge in [-0.05, 0) is 31.5 Å². The van der Waals surface area contributed by atoms with E-state index in [4.69, 9.17) is 11.6 Å². The first kappa shape index (κ1) is 10.2. The summed E-state index contributed by atoms with van der Waals surface area (Å²) in [6, 6.07) is 9.99. The molecule has 0 saturated carbocycles. The van der Waals surface area contributed by atoms with Crippen LogP contribution in [0.2, 0.25) is 5.02 Å². The second kappa shape index (κ2) is 4.03. The lowest BCUT2D eigenvalue weighted by Crippen LogP contribution is -1.88. The normalized spacial score (nSPS) is 10.3. The van der Waals surface area contributed by atoms with Crippen molar-refractivity contribution >= 4 is 11.6 Å². The Morgan fingerprint density at radius 3 is 2.60 bits per heavy atom. The van der Waals surface area contributed by atoms with Gasteiger partial charge in [0.15, 0.2) is 0 Å². The lowest BCUT2D eigenvalue weighted by molar-refractivity contribution is 1.29. The van der Waals surface area contributed by atoms with Crippen LogP contribution in [0.25, 0.3) is 11.3 Å². The van der Waals surface area contributed by atoms with Crippen LogP contribution in [0.4, 0.5) is 0 Å². The summed E-state index contributed by atoms with van der Waals surface area (Å²) in [5.74, 6) is 0. The van der Waals surface area contributed by atoms with Gasteiger partial charge in [0, 0.05) is 11.8 Å². The zero-order chi connectivity index (χ0) is 10.8. The zero-order valence-corrected chi connectivity index (χ0v) is 9.55. The van der Waals surface area contributed by atoms with E-state index in [2.05, 4.69) is 37.0 Å². The monoisotopic (exact) mass is 217 g/mol. The third kappa shape index (κ3) is 2.02. The average Bonchev–Trinajstić information content (AvgIpc) is 2.20. The summed E-state index contributed by atoms with van der Waals surface area (Å²) in [6.07, 6.45) is 1.76. The Kier molecular flexibility index (Phi) is 2.74. The maximum absolute atomic E-state index is 6.11. The highest BCUT2D eigenvalue weighted by Crippen LogP contribution is 2.28. The second-order valence-corrected chi connectivity index (χ2v) is 4.06. The van der Waals surface area contributed by atoms with Gasteiger partial charge in [0.2, 0.25) is 0 Å². The lowest BCUT2D eigenvalue weighted by atomic mass is 10.0. The second-order valence-electron chi connectivity index (χ2n) is 3.65. The predicted octanol–water partition coefficient (Wildman–Crippen LogP) is 4.02. The molecule has 0 bridgehead atoms. The van der Waals surface area contributed by atoms with E-state index in [0.29, 0.717) is 5.02 Å². The van der Waals surface area contributed by atoms with Gasteiger partial charge in [0.1, 0.15) is 0 Å². The van der Waals surface area contributed by atoms with Gasteiger partial charge >= 0.3 is 0 Å². The van der Waals surface area contributed by atoms with E-state index in [9.17, 15) is 0 Å². The largest absolute Gasteiger partial charge is 0.255 e. The molecule has 0 aliphatic carbocycles. The molecule has 2 aromatic rings. The number of hydrogen-bond acceptors (Lipinski definition) is 1. The van der Waals surface area contributed by atoms with Crippen LogP contribution in [0.3, 0.4) is 0 Å². The molecule has 1 nitrogen and oxygen atoms in total. The molecule has 0 aliphatic rings. The highest BCUT2D eigenvalue weighted by Gasteiger charge is 2.06. The standard InChI is InChI=1S/C13H12ClN/c1-9-5-6-11(10(2)8-9)13-12(14)4-3-7-15-13/h3-8H,1-2H3. The summed E-state index contributed by atoms with van der Waals surface area (Å²) in [7, 11) is 0. The molecule has 0 amide bonds. The van der Waals surface area contributed by atoms with Crippen LogP contribution < -0.4 is 0 Å². The van der Waals surface area contributed by atoms with E-state index >= 15 is 0 Å². The molecule has 15 heavy (non-hydrogen) atoms. The average molecular weight is 218 g/mol. The van der Waals surface area contributed by atoms with Crippen molar-refractivity contribution in [3.05, 3.63) is 52.7 Å². The molecule has 76 valence electrons. The molecular weight excluding hydrogens is 206 g/mol. The Balaban J connectivity index is 2.60. The number of halogens is 1. The number of nitrogens with zero attached hydrogens (tertiary/aromatic N) is 1. The Morgan fingerprint density at radius 1 is 1.13 bits per heavy atom. The SMILES string of the molecule is Cc1ccc(-c2ncccc2Cl)c(C)c1. The van der Waals surface area contributed by atoms with Crippen molar-refractivity contribution in [3.63, 3.8) is 0 Å². The molecule has 0 saturated heterocycles. The quantitative estimate of drug-likeness (QED) is 0.703.